The van der Waals surface area contributed by atoms with Crippen molar-refractivity contribution in [3.63, 3.8) is 0 Å². The molecular formula is C19H35N3O2S. The Hall–Kier alpha value is -0.140. The summed E-state index contributed by atoms with van der Waals surface area (Å²) in [5.74, 6) is 1.20. The van der Waals surface area contributed by atoms with Gasteiger partial charge in [-0.1, -0.05) is 0 Å². The fraction of sp³-hybridized carbons (Fsp3) is 0.947. The molecule has 3 fully saturated rings. The summed E-state index contributed by atoms with van der Waals surface area (Å²) in [7, 11) is 4.35. The van der Waals surface area contributed by atoms with Crippen LogP contribution in [0.5, 0.6) is 0 Å². The Kier molecular flexibility index (Phi) is 6.83. The van der Waals surface area contributed by atoms with E-state index in [1.807, 2.05) is 11.8 Å². The van der Waals surface area contributed by atoms with E-state index in [0.717, 1.165) is 19.3 Å². The number of nitrogens with zero attached hydrogens (tertiary/aromatic N) is 2. The van der Waals surface area contributed by atoms with Crippen LogP contribution in [0, 0.1) is 17.8 Å². The second-order valence-corrected chi connectivity index (χ2v) is 9.45. The van der Waals surface area contributed by atoms with Crippen LogP contribution in [0.1, 0.15) is 45.4 Å². The lowest BCUT2D eigenvalue weighted by Crippen LogP contribution is -2.39. The summed E-state index contributed by atoms with van der Waals surface area (Å²) in [5, 5.41) is 11.6. The molecule has 2 aliphatic carbocycles. The molecule has 0 radical (unpaired) electrons. The van der Waals surface area contributed by atoms with E-state index < -0.39 is 0 Å². The maximum Gasteiger partial charge on any atom is 0.0869 e. The highest BCUT2D eigenvalue weighted by Gasteiger charge is 2.51. The molecule has 144 valence electrons. The number of rotatable bonds is 6. The van der Waals surface area contributed by atoms with Crippen LogP contribution in [0.2, 0.25) is 0 Å². The Labute approximate surface area is 156 Å². The zero-order chi connectivity index (χ0) is 18.0. The van der Waals surface area contributed by atoms with Gasteiger partial charge >= 0.3 is 0 Å². The van der Waals surface area contributed by atoms with Gasteiger partial charge in [0, 0.05) is 23.8 Å². The fourth-order valence-electron chi connectivity index (χ4n) is 5.17. The van der Waals surface area contributed by atoms with E-state index in [1.165, 1.54) is 24.3 Å². The summed E-state index contributed by atoms with van der Waals surface area (Å²) in [6.45, 7) is 2.85. The van der Waals surface area contributed by atoms with Crippen molar-refractivity contribution < 1.29 is 9.84 Å². The molecule has 5 atom stereocenters. The summed E-state index contributed by atoms with van der Waals surface area (Å²) < 4.78 is 6.55. The minimum atomic E-state index is 0.154. The highest BCUT2D eigenvalue weighted by atomic mass is 32.2. The first-order valence-electron chi connectivity index (χ1n) is 9.89. The fourth-order valence-corrected chi connectivity index (χ4v) is 6.94. The Morgan fingerprint density at radius 1 is 1.24 bits per heavy atom. The molecule has 2 saturated carbocycles. The Morgan fingerprint density at radius 2 is 1.96 bits per heavy atom. The lowest BCUT2D eigenvalue weighted by Gasteiger charge is -2.36. The van der Waals surface area contributed by atoms with Crippen LogP contribution in [0.25, 0.3) is 0 Å². The second-order valence-electron chi connectivity index (χ2n) is 8.19. The molecule has 6 heteroatoms. The van der Waals surface area contributed by atoms with Crippen molar-refractivity contribution >= 4 is 16.8 Å². The smallest absolute Gasteiger partial charge is 0.0869 e. The molecule has 3 N–H and O–H groups in total. The van der Waals surface area contributed by atoms with Crippen molar-refractivity contribution in [1.29, 1.82) is 0 Å². The molecule has 5 nitrogen and oxygen atoms in total. The molecule has 0 aromatic heterocycles. The lowest BCUT2D eigenvalue weighted by atomic mass is 9.81. The monoisotopic (exact) mass is 369 g/mol. The van der Waals surface area contributed by atoms with Crippen LogP contribution in [-0.4, -0.2) is 65.9 Å². The second kappa shape index (κ2) is 8.70. The van der Waals surface area contributed by atoms with Gasteiger partial charge in [0.15, 0.2) is 0 Å². The molecule has 25 heavy (non-hydrogen) atoms. The molecule has 1 aliphatic heterocycles. The zero-order valence-electron chi connectivity index (χ0n) is 15.9. The predicted molar refractivity (Wildman–Crippen MR) is 105 cm³/mol. The van der Waals surface area contributed by atoms with Gasteiger partial charge in [-0.2, -0.15) is 0 Å². The molecule has 3 aliphatic rings. The first-order chi connectivity index (χ1) is 12.0. The van der Waals surface area contributed by atoms with Crippen molar-refractivity contribution in [3.8, 4) is 0 Å². The first kappa shape index (κ1) is 19.6. The number of hydrogen-bond acceptors (Lipinski definition) is 6. The average molecular weight is 370 g/mol. The molecule has 0 amide bonds. The molecular weight excluding hydrogens is 334 g/mol. The molecule has 1 heterocycles. The molecule has 0 aromatic rings. The maximum absolute atomic E-state index is 9.81. The highest BCUT2D eigenvalue weighted by Crippen LogP contribution is 2.53. The van der Waals surface area contributed by atoms with Crippen molar-refractivity contribution in [2.45, 2.75) is 68.9 Å². The normalized spacial score (nSPS) is 41.4. The van der Waals surface area contributed by atoms with Crippen LogP contribution < -0.4 is 5.73 Å². The van der Waals surface area contributed by atoms with E-state index in [0.29, 0.717) is 41.8 Å². The maximum atomic E-state index is 9.81. The van der Waals surface area contributed by atoms with Gasteiger partial charge in [-0.05, 0) is 71.4 Å². The molecule has 0 aromatic carbocycles. The van der Waals surface area contributed by atoms with E-state index >= 15 is 0 Å². The van der Waals surface area contributed by atoms with E-state index in [9.17, 15) is 5.11 Å². The quantitative estimate of drug-likeness (QED) is 0.752. The van der Waals surface area contributed by atoms with Gasteiger partial charge in [-0.25, -0.2) is 0 Å². The minimum Gasteiger partial charge on any atom is -0.396 e. The Bertz CT molecular complexity index is 466. The van der Waals surface area contributed by atoms with E-state index in [2.05, 4.69) is 30.9 Å². The SMILES string of the molecule is CC(OC1CCC(N(C)C)CC1)C1C(=NCN)SC2CCC(CO)C21. The van der Waals surface area contributed by atoms with Gasteiger partial charge in [-0.15, -0.1) is 11.8 Å². The van der Waals surface area contributed by atoms with Gasteiger partial charge in [0.2, 0.25) is 0 Å². The van der Waals surface area contributed by atoms with Gasteiger partial charge in [0.1, 0.15) is 0 Å². The molecule has 5 unspecified atom stereocenters. The van der Waals surface area contributed by atoms with E-state index in [1.54, 1.807) is 0 Å². The van der Waals surface area contributed by atoms with Crippen LogP contribution in [0.15, 0.2) is 4.99 Å². The summed E-state index contributed by atoms with van der Waals surface area (Å²) >= 11 is 1.90. The topological polar surface area (TPSA) is 71.1 Å². The third kappa shape index (κ3) is 4.24. The number of aliphatic hydroxyl groups excluding tert-OH is 1. The molecule has 1 saturated heterocycles. The number of fused-ring (bicyclic) bond motifs is 1. The van der Waals surface area contributed by atoms with E-state index in [4.69, 9.17) is 10.5 Å². The third-order valence-corrected chi connectivity index (χ3v) is 8.03. The van der Waals surface area contributed by atoms with Crippen molar-refractivity contribution in [1.82, 2.24) is 4.90 Å². The van der Waals surface area contributed by atoms with Gasteiger partial charge in [0.25, 0.3) is 0 Å². The van der Waals surface area contributed by atoms with Gasteiger partial charge in [0.05, 0.1) is 23.9 Å². The number of aliphatic hydroxyl groups is 1. The van der Waals surface area contributed by atoms with Crippen LogP contribution in [0.3, 0.4) is 0 Å². The predicted octanol–water partition coefficient (Wildman–Crippen LogP) is 2.33. The number of hydrogen-bond donors (Lipinski definition) is 2. The molecule has 3 rings (SSSR count). The largest absolute Gasteiger partial charge is 0.396 e. The van der Waals surface area contributed by atoms with E-state index in [-0.39, 0.29) is 12.7 Å². The summed E-state index contributed by atoms with van der Waals surface area (Å²) in [6.07, 6.45) is 7.57. The number of nitrogens with two attached hydrogens (primary N) is 1. The van der Waals surface area contributed by atoms with Gasteiger partial charge in [-0.3, -0.25) is 4.99 Å². The zero-order valence-corrected chi connectivity index (χ0v) is 16.8. The number of aliphatic imine (C=N–C) groups is 1. The summed E-state index contributed by atoms with van der Waals surface area (Å²) in [6, 6.07) is 0.699. The lowest BCUT2D eigenvalue weighted by molar-refractivity contribution is -0.0547. The van der Waals surface area contributed by atoms with Gasteiger partial charge < -0.3 is 20.5 Å². The van der Waals surface area contributed by atoms with Crippen molar-refractivity contribution in [2.24, 2.45) is 28.5 Å². The average Bonchev–Trinajstić information content (AvgIpc) is 3.14. The first-order valence-corrected chi connectivity index (χ1v) is 10.8. The number of thioether (sulfide) groups is 1. The highest BCUT2D eigenvalue weighted by molar-refractivity contribution is 8.14. The third-order valence-electron chi connectivity index (χ3n) is 6.54. The van der Waals surface area contributed by atoms with Crippen molar-refractivity contribution in [3.05, 3.63) is 0 Å². The van der Waals surface area contributed by atoms with Crippen LogP contribution >= 0.6 is 11.8 Å². The van der Waals surface area contributed by atoms with Crippen molar-refractivity contribution in [2.75, 3.05) is 27.4 Å². The Morgan fingerprint density at radius 3 is 2.56 bits per heavy atom. The summed E-state index contributed by atoms with van der Waals surface area (Å²) in [5.41, 5.74) is 5.72. The van der Waals surface area contributed by atoms with Crippen LogP contribution in [0.4, 0.5) is 0 Å². The van der Waals surface area contributed by atoms with Crippen LogP contribution in [-0.2, 0) is 4.74 Å². The molecule has 0 spiro atoms. The minimum absolute atomic E-state index is 0.154. The molecule has 0 bridgehead atoms. The number of ether oxygens (including phenoxy) is 1. The summed E-state index contributed by atoms with van der Waals surface area (Å²) in [4.78, 5) is 6.94. The standard InChI is InChI=1S/C19H35N3O2S/c1-12(24-15-7-5-14(6-8-15)22(2)3)17-18-13(10-23)4-9-16(18)25-19(17)21-11-20/h12-18,23H,4-11,20H2,1-3H3. The Balaban J connectivity index is 1.64.